The van der Waals surface area contributed by atoms with Gasteiger partial charge in [-0.2, -0.15) is 0 Å². The number of carbonyl (C=O) groups is 1. The number of nitrogens with two attached hydrogens (primary N) is 1. The van der Waals surface area contributed by atoms with Gasteiger partial charge in [-0.1, -0.05) is 17.7 Å². The molecule has 0 bridgehead atoms. The van der Waals surface area contributed by atoms with Gasteiger partial charge in [-0.3, -0.25) is 9.63 Å². The molecule has 2 rings (SSSR count). The smallest absolute Gasteiger partial charge is 0.279 e. The fourth-order valence-electron chi connectivity index (χ4n) is 1.61. The van der Waals surface area contributed by atoms with Crippen LogP contribution < -0.4 is 5.73 Å². The summed E-state index contributed by atoms with van der Waals surface area (Å²) in [5, 5.41) is 1.64. The second-order valence-electron chi connectivity index (χ2n) is 3.66. The summed E-state index contributed by atoms with van der Waals surface area (Å²) in [6.07, 6.45) is 1.93. The zero-order chi connectivity index (χ0) is 11.5. The van der Waals surface area contributed by atoms with Crippen molar-refractivity contribution >= 4 is 23.2 Å². The molecule has 1 aliphatic heterocycles. The van der Waals surface area contributed by atoms with Crippen LogP contribution in [0, 0.1) is 0 Å². The maximum Gasteiger partial charge on any atom is 0.279 e. The quantitative estimate of drug-likeness (QED) is 0.765. The van der Waals surface area contributed by atoms with Gasteiger partial charge in [-0.25, -0.2) is 5.06 Å². The van der Waals surface area contributed by atoms with Crippen LogP contribution in [0.5, 0.6) is 0 Å². The number of anilines is 1. The summed E-state index contributed by atoms with van der Waals surface area (Å²) in [6.45, 7) is 1.18. The van der Waals surface area contributed by atoms with Crippen LogP contribution in [0.4, 0.5) is 5.69 Å². The van der Waals surface area contributed by atoms with Crippen molar-refractivity contribution in [3.05, 3.63) is 28.8 Å². The minimum absolute atomic E-state index is 0.225. The molecular weight excluding hydrogens is 228 g/mol. The summed E-state index contributed by atoms with van der Waals surface area (Å²) in [7, 11) is 0. The number of hydrogen-bond acceptors (Lipinski definition) is 3. The first-order valence-corrected chi connectivity index (χ1v) is 5.56. The first kappa shape index (κ1) is 11.2. The number of nitrogens with zero attached hydrogens (tertiary/aromatic N) is 1. The van der Waals surface area contributed by atoms with Crippen LogP contribution in [-0.2, 0) is 4.84 Å². The van der Waals surface area contributed by atoms with Gasteiger partial charge in [0.25, 0.3) is 5.91 Å². The highest BCUT2D eigenvalue weighted by molar-refractivity contribution is 6.36. The Morgan fingerprint density at radius 3 is 2.94 bits per heavy atom. The Kier molecular flexibility index (Phi) is 3.31. The molecule has 0 unspecified atom stereocenters. The number of rotatable bonds is 1. The molecule has 1 fully saturated rings. The molecule has 4 nitrogen and oxygen atoms in total. The molecule has 2 N–H and O–H groups in total. The van der Waals surface area contributed by atoms with E-state index in [1.165, 1.54) is 5.06 Å². The Hall–Kier alpha value is -1.26. The number of halogens is 1. The maximum absolute atomic E-state index is 12.0. The molecule has 16 heavy (non-hydrogen) atoms. The predicted octanol–water partition coefficient (Wildman–Crippen LogP) is 2.09. The monoisotopic (exact) mass is 240 g/mol. The normalized spacial score (nSPS) is 16.2. The number of carbonyl (C=O) groups excluding carboxylic acids is 1. The highest BCUT2D eigenvalue weighted by Gasteiger charge is 2.22. The maximum atomic E-state index is 12.0. The second-order valence-corrected chi connectivity index (χ2v) is 4.03. The summed E-state index contributed by atoms with van der Waals surface area (Å²) in [6, 6.07) is 5.02. The van der Waals surface area contributed by atoms with Gasteiger partial charge >= 0.3 is 0 Å². The van der Waals surface area contributed by atoms with Crippen LogP contribution in [0.3, 0.4) is 0 Å². The van der Waals surface area contributed by atoms with Crippen LogP contribution in [0.25, 0.3) is 0 Å². The topological polar surface area (TPSA) is 55.6 Å². The number of nitrogen functional groups attached to an aromatic ring is 1. The van der Waals surface area contributed by atoms with Crippen molar-refractivity contribution in [2.75, 3.05) is 18.9 Å². The molecule has 0 aromatic heterocycles. The molecule has 1 saturated heterocycles. The van der Waals surface area contributed by atoms with E-state index in [0.29, 0.717) is 29.4 Å². The molecule has 0 radical (unpaired) electrons. The molecular formula is C11H13ClN2O2. The SMILES string of the molecule is Nc1cccc(C(=O)N2CCCCO2)c1Cl. The standard InChI is InChI=1S/C11H13ClN2O2/c12-10-8(4-3-5-9(10)13)11(15)14-6-1-2-7-16-14/h3-5H,1-2,6-7,13H2. The zero-order valence-corrected chi connectivity index (χ0v) is 9.54. The number of hydroxylamine groups is 2. The summed E-state index contributed by atoms with van der Waals surface area (Å²) in [5.74, 6) is -0.225. The van der Waals surface area contributed by atoms with E-state index in [1.807, 2.05) is 0 Å². The van der Waals surface area contributed by atoms with Crippen molar-refractivity contribution < 1.29 is 9.63 Å². The Labute approximate surface area is 98.9 Å². The minimum atomic E-state index is -0.225. The van der Waals surface area contributed by atoms with E-state index in [2.05, 4.69) is 0 Å². The molecule has 0 atom stereocenters. The van der Waals surface area contributed by atoms with Gasteiger partial charge in [0.15, 0.2) is 0 Å². The van der Waals surface area contributed by atoms with Crippen molar-refractivity contribution in [1.82, 2.24) is 5.06 Å². The number of benzene rings is 1. The van der Waals surface area contributed by atoms with Crippen molar-refractivity contribution in [2.45, 2.75) is 12.8 Å². The molecule has 86 valence electrons. The van der Waals surface area contributed by atoms with Gasteiger partial charge in [0.1, 0.15) is 0 Å². The van der Waals surface area contributed by atoms with E-state index >= 15 is 0 Å². The van der Waals surface area contributed by atoms with E-state index in [-0.39, 0.29) is 5.91 Å². The molecule has 1 aromatic rings. The summed E-state index contributed by atoms with van der Waals surface area (Å²) < 4.78 is 0. The van der Waals surface area contributed by atoms with Gasteiger partial charge in [0, 0.05) is 6.54 Å². The van der Waals surface area contributed by atoms with Crippen LogP contribution >= 0.6 is 11.6 Å². The lowest BCUT2D eigenvalue weighted by Gasteiger charge is -2.26. The van der Waals surface area contributed by atoms with Gasteiger partial charge in [-0.05, 0) is 25.0 Å². The summed E-state index contributed by atoms with van der Waals surface area (Å²) in [5.41, 5.74) is 6.44. The lowest BCUT2D eigenvalue weighted by atomic mass is 10.1. The highest BCUT2D eigenvalue weighted by Crippen LogP contribution is 2.25. The molecule has 5 heteroatoms. The first-order chi connectivity index (χ1) is 7.70. The van der Waals surface area contributed by atoms with E-state index < -0.39 is 0 Å². The first-order valence-electron chi connectivity index (χ1n) is 5.19. The average Bonchev–Trinajstić information content (AvgIpc) is 2.33. The summed E-state index contributed by atoms with van der Waals surface area (Å²) in [4.78, 5) is 17.3. The molecule has 0 aliphatic carbocycles. The van der Waals surface area contributed by atoms with Gasteiger partial charge in [0.2, 0.25) is 0 Å². The second kappa shape index (κ2) is 4.72. The average molecular weight is 241 g/mol. The molecule has 1 amide bonds. The molecule has 1 heterocycles. The van der Waals surface area contributed by atoms with Crippen LogP contribution in [0.2, 0.25) is 5.02 Å². The number of hydrogen-bond donors (Lipinski definition) is 1. The Balaban J connectivity index is 2.22. The van der Waals surface area contributed by atoms with Crippen LogP contribution in [0.1, 0.15) is 23.2 Å². The zero-order valence-electron chi connectivity index (χ0n) is 8.78. The largest absolute Gasteiger partial charge is 0.398 e. The fraction of sp³-hybridized carbons (Fsp3) is 0.364. The molecule has 0 saturated carbocycles. The van der Waals surface area contributed by atoms with E-state index in [1.54, 1.807) is 18.2 Å². The van der Waals surface area contributed by atoms with Gasteiger partial charge in [0.05, 0.1) is 22.9 Å². The van der Waals surface area contributed by atoms with E-state index in [4.69, 9.17) is 22.2 Å². The van der Waals surface area contributed by atoms with E-state index in [0.717, 1.165) is 12.8 Å². The number of amides is 1. The van der Waals surface area contributed by atoms with Crippen molar-refractivity contribution in [2.24, 2.45) is 0 Å². The molecule has 1 aliphatic rings. The lowest BCUT2D eigenvalue weighted by Crippen LogP contribution is -2.35. The Morgan fingerprint density at radius 1 is 1.44 bits per heavy atom. The van der Waals surface area contributed by atoms with Crippen molar-refractivity contribution in [3.8, 4) is 0 Å². The molecule has 1 aromatic carbocycles. The lowest BCUT2D eigenvalue weighted by molar-refractivity contribution is -0.144. The van der Waals surface area contributed by atoms with Crippen molar-refractivity contribution in [3.63, 3.8) is 0 Å². The predicted molar refractivity (Wildman–Crippen MR) is 62.1 cm³/mol. The minimum Gasteiger partial charge on any atom is -0.398 e. The molecule has 0 spiro atoms. The van der Waals surface area contributed by atoms with Gasteiger partial charge < -0.3 is 5.73 Å². The highest BCUT2D eigenvalue weighted by atomic mass is 35.5. The van der Waals surface area contributed by atoms with Crippen molar-refractivity contribution in [1.29, 1.82) is 0 Å². The third-order valence-electron chi connectivity index (χ3n) is 2.49. The fourth-order valence-corrected chi connectivity index (χ4v) is 1.81. The Morgan fingerprint density at radius 2 is 2.25 bits per heavy atom. The third-order valence-corrected chi connectivity index (χ3v) is 2.91. The summed E-state index contributed by atoms with van der Waals surface area (Å²) >= 11 is 5.98. The Bertz CT molecular complexity index is 403. The third kappa shape index (κ3) is 2.13. The van der Waals surface area contributed by atoms with Crippen LogP contribution in [-0.4, -0.2) is 24.1 Å². The van der Waals surface area contributed by atoms with Gasteiger partial charge in [-0.15, -0.1) is 0 Å². The van der Waals surface area contributed by atoms with Crippen LogP contribution in [0.15, 0.2) is 18.2 Å². The van der Waals surface area contributed by atoms with E-state index in [9.17, 15) is 4.79 Å².